The molecule has 2 rings (SSSR count). The maximum atomic E-state index is 12.3. The summed E-state index contributed by atoms with van der Waals surface area (Å²) in [6.07, 6.45) is 1.40. The maximum absolute atomic E-state index is 12.3. The summed E-state index contributed by atoms with van der Waals surface area (Å²) in [6, 6.07) is 5.78. The number of carbonyl (C=O) groups excluding carboxylic acids is 1. The molecule has 0 atom stereocenters. The van der Waals surface area contributed by atoms with Crippen molar-refractivity contribution in [1.29, 1.82) is 0 Å². The van der Waals surface area contributed by atoms with Gasteiger partial charge in [0.25, 0.3) is 0 Å². The highest BCUT2D eigenvalue weighted by Gasteiger charge is 2.22. The number of hydrogen-bond acceptors (Lipinski definition) is 6. The molecule has 0 bridgehead atoms. The van der Waals surface area contributed by atoms with E-state index >= 15 is 0 Å². The number of aromatic amines is 1. The van der Waals surface area contributed by atoms with Gasteiger partial charge in [-0.2, -0.15) is 9.40 Å². The van der Waals surface area contributed by atoms with E-state index in [0.29, 0.717) is 22.5 Å². The monoisotopic (exact) mass is 389 g/mol. The van der Waals surface area contributed by atoms with Crippen LogP contribution in [0.3, 0.4) is 0 Å². The quantitative estimate of drug-likeness (QED) is 0.514. The lowest BCUT2D eigenvalue weighted by molar-refractivity contribution is -0.121. The third-order valence-corrected chi connectivity index (χ3v) is 5.89. The second-order valence-electron chi connectivity index (χ2n) is 4.70. The Balaban J connectivity index is 1.80. The van der Waals surface area contributed by atoms with Crippen LogP contribution in [0.15, 0.2) is 40.6 Å². The van der Waals surface area contributed by atoms with E-state index in [1.807, 2.05) is 0 Å². The molecule has 0 spiro atoms. The highest BCUT2D eigenvalue weighted by atomic mass is 35.5. The van der Waals surface area contributed by atoms with Gasteiger partial charge >= 0.3 is 0 Å². The molecule has 130 valence electrons. The third kappa shape index (κ3) is 5.20. The minimum absolute atomic E-state index is 0.0862. The van der Waals surface area contributed by atoms with Gasteiger partial charge in [-0.15, -0.1) is 0 Å². The number of benzene rings is 1. The van der Waals surface area contributed by atoms with Crippen LogP contribution in [-0.4, -0.2) is 59.7 Å². The van der Waals surface area contributed by atoms with Gasteiger partial charge in [0.15, 0.2) is 5.16 Å². The fourth-order valence-corrected chi connectivity index (χ4v) is 3.62. The molecule has 1 aromatic carbocycles. The summed E-state index contributed by atoms with van der Waals surface area (Å²) in [5, 5.41) is 10.2. The number of nitrogens with zero attached hydrogens (tertiary/aromatic N) is 3. The fraction of sp³-hybridized carbons (Fsp3) is 0.308. The number of carbonyl (C=O) groups is 1. The Morgan fingerprint density at radius 2 is 2.08 bits per heavy atom. The zero-order valence-corrected chi connectivity index (χ0v) is 15.2. The van der Waals surface area contributed by atoms with Gasteiger partial charge in [-0.25, -0.2) is 13.4 Å². The van der Waals surface area contributed by atoms with Crippen molar-refractivity contribution in [2.45, 2.75) is 10.1 Å². The standard InChI is InChI=1S/C13H16ClN5O3S2/c1-19(24(21,22)11-4-2-10(14)3-5-11)8-12(20)15-6-7-23-13-16-9-17-18-13/h2-5,9H,6-8H2,1H3,(H,15,20)(H,16,17,18). The second-order valence-corrected chi connectivity index (χ2v) is 8.27. The molecule has 2 aromatic rings. The van der Waals surface area contributed by atoms with Crippen LogP contribution >= 0.6 is 23.4 Å². The normalized spacial score (nSPS) is 11.6. The van der Waals surface area contributed by atoms with Gasteiger partial charge in [-0.3, -0.25) is 9.89 Å². The van der Waals surface area contributed by atoms with E-state index in [4.69, 9.17) is 11.6 Å². The molecule has 11 heteroatoms. The van der Waals surface area contributed by atoms with Gasteiger partial charge < -0.3 is 5.32 Å². The van der Waals surface area contributed by atoms with Crippen molar-refractivity contribution in [3.8, 4) is 0 Å². The number of thioether (sulfide) groups is 1. The van der Waals surface area contributed by atoms with Crippen LogP contribution in [0, 0.1) is 0 Å². The Bertz CT molecular complexity index is 765. The van der Waals surface area contributed by atoms with Gasteiger partial charge in [0.2, 0.25) is 15.9 Å². The molecule has 1 aromatic heterocycles. The Labute approximate surface area is 149 Å². The molecule has 24 heavy (non-hydrogen) atoms. The fourth-order valence-electron chi connectivity index (χ4n) is 1.73. The first-order valence-corrected chi connectivity index (χ1v) is 9.67. The van der Waals surface area contributed by atoms with Gasteiger partial charge in [0.05, 0.1) is 11.4 Å². The molecule has 0 fully saturated rings. The molecule has 1 amide bonds. The van der Waals surface area contributed by atoms with Crippen molar-refractivity contribution in [2.24, 2.45) is 0 Å². The van der Waals surface area contributed by atoms with Crippen molar-refractivity contribution in [3.05, 3.63) is 35.6 Å². The van der Waals surface area contributed by atoms with Crippen LogP contribution < -0.4 is 5.32 Å². The number of sulfonamides is 1. The number of hydrogen-bond donors (Lipinski definition) is 2. The molecule has 2 N–H and O–H groups in total. The number of H-pyrrole nitrogens is 1. The first-order chi connectivity index (χ1) is 11.4. The topological polar surface area (TPSA) is 108 Å². The predicted molar refractivity (Wildman–Crippen MR) is 91.4 cm³/mol. The molecule has 0 aliphatic rings. The van der Waals surface area contributed by atoms with Crippen LogP contribution in [0.2, 0.25) is 5.02 Å². The molecular formula is C13H16ClN5O3S2. The number of halogens is 1. The number of rotatable bonds is 8. The molecule has 0 radical (unpaired) electrons. The molecule has 0 saturated heterocycles. The smallest absolute Gasteiger partial charge is 0.243 e. The molecule has 0 saturated carbocycles. The van der Waals surface area contributed by atoms with E-state index in [1.165, 1.54) is 49.4 Å². The average Bonchev–Trinajstić information content (AvgIpc) is 3.05. The zero-order chi connectivity index (χ0) is 17.6. The van der Waals surface area contributed by atoms with E-state index in [1.54, 1.807) is 0 Å². The number of aromatic nitrogens is 3. The molecular weight excluding hydrogens is 374 g/mol. The average molecular weight is 390 g/mol. The second kappa shape index (κ2) is 8.47. The number of likely N-dealkylation sites (N-methyl/N-ethyl adjacent to an activating group) is 1. The molecule has 0 unspecified atom stereocenters. The number of amides is 1. The highest BCUT2D eigenvalue weighted by molar-refractivity contribution is 7.99. The molecule has 0 aliphatic heterocycles. The van der Waals surface area contributed by atoms with Crippen LogP contribution in [0.4, 0.5) is 0 Å². The summed E-state index contributed by atoms with van der Waals surface area (Å²) in [5.41, 5.74) is 0. The van der Waals surface area contributed by atoms with E-state index in [0.717, 1.165) is 4.31 Å². The van der Waals surface area contributed by atoms with Crippen LogP contribution in [0.5, 0.6) is 0 Å². The van der Waals surface area contributed by atoms with E-state index in [-0.39, 0.29) is 17.3 Å². The van der Waals surface area contributed by atoms with E-state index in [9.17, 15) is 13.2 Å². The minimum atomic E-state index is -3.73. The summed E-state index contributed by atoms with van der Waals surface area (Å²) < 4.78 is 25.7. The Morgan fingerprint density at radius 3 is 2.71 bits per heavy atom. The first-order valence-electron chi connectivity index (χ1n) is 6.86. The summed E-state index contributed by atoms with van der Waals surface area (Å²) in [6.45, 7) is 0.122. The summed E-state index contributed by atoms with van der Waals surface area (Å²) >= 11 is 7.15. The van der Waals surface area contributed by atoms with Crippen LogP contribution in [0.25, 0.3) is 0 Å². The van der Waals surface area contributed by atoms with Gasteiger partial charge in [0, 0.05) is 24.4 Å². The SMILES string of the molecule is CN(CC(=O)NCCSc1ncn[nH]1)S(=O)(=O)c1ccc(Cl)cc1. The zero-order valence-electron chi connectivity index (χ0n) is 12.8. The summed E-state index contributed by atoms with van der Waals surface area (Å²) in [5.74, 6) is 0.211. The lowest BCUT2D eigenvalue weighted by Crippen LogP contribution is -2.39. The van der Waals surface area contributed by atoms with E-state index in [2.05, 4.69) is 20.5 Å². The van der Waals surface area contributed by atoms with Crippen LogP contribution in [0.1, 0.15) is 0 Å². The summed E-state index contributed by atoms with van der Waals surface area (Å²) in [4.78, 5) is 15.9. The van der Waals surface area contributed by atoms with Gasteiger partial charge in [-0.1, -0.05) is 23.4 Å². The van der Waals surface area contributed by atoms with Crippen molar-refractivity contribution in [3.63, 3.8) is 0 Å². The Kier molecular flexibility index (Phi) is 6.60. The van der Waals surface area contributed by atoms with E-state index < -0.39 is 10.0 Å². The van der Waals surface area contributed by atoms with Crippen LogP contribution in [-0.2, 0) is 14.8 Å². The third-order valence-electron chi connectivity index (χ3n) is 2.94. The van der Waals surface area contributed by atoms with Crippen molar-refractivity contribution in [2.75, 3.05) is 25.9 Å². The predicted octanol–water partition coefficient (Wildman–Crippen LogP) is 0.987. The summed E-state index contributed by atoms with van der Waals surface area (Å²) in [7, 11) is -2.38. The van der Waals surface area contributed by atoms with Crippen molar-refractivity contribution >= 4 is 39.3 Å². The largest absolute Gasteiger partial charge is 0.354 e. The first kappa shape index (κ1) is 18.7. The highest BCUT2D eigenvalue weighted by Crippen LogP contribution is 2.17. The van der Waals surface area contributed by atoms with Gasteiger partial charge in [0.1, 0.15) is 6.33 Å². The maximum Gasteiger partial charge on any atom is 0.243 e. The lowest BCUT2D eigenvalue weighted by atomic mass is 10.4. The molecule has 1 heterocycles. The molecule has 8 nitrogen and oxygen atoms in total. The Morgan fingerprint density at radius 1 is 1.38 bits per heavy atom. The van der Waals surface area contributed by atoms with Crippen molar-refractivity contribution in [1.82, 2.24) is 24.8 Å². The van der Waals surface area contributed by atoms with Crippen molar-refractivity contribution < 1.29 is 13.2 Å². The minimum Gasteiger partial charge on any atom is -0.354 e. The molecule has 0 aliphatic carbocycles. The Hall–Kier alpha value is -1.62. The lowest BCUT2D eigenvalue weighted by Gasteiger charge is -2.16. The van der Waals surface area contributed by atoms with Gasteiger partial charge in [-0.05, 0) is 24.3 Å². The number of nitrogens with one attached hydrogen (secondary N) is 2.